The molecule has 176 valence electrons. The molecular formula is C24H27N7O2S. The average Bonchev–Trinajstić information content (AvgIpc) is 3.13. The van der Waals surface area contributed by atoms with Crippen molar-refractivity contribution >= 4 is 50.9 Å². The van der Waals surface area contributed by atoms with Gasteiger partial charge in [-0.25, -0.2) is 9.97 Å². The number of fused-ring (bicyclic) bond motifs is 1. The summed E-state index contributed by atoms with van der Waals surface area (Å²) < 4.78 is 13.6. The Labute approximate surface area is 200 Å². The van der Waals surface area contributed by atoms with E-state index in [1.54, 1.807) is 25.4 Å². The minimum absolute atomic E-state index is 0.198. The molecule has 1 saturated heterocycles. The summed E-state index contributed by atoms with van der Waals surface area (Å²) in [5, 5.41) is 9.97. The molecule has 3 aromatic heterocycles. The van der Waals surface area contributed by atoms with Crippen LogP contribution in [-0.2, 0) is 18.2 Å². The summed E-state index contributed by atoms with van der Waals surface area (Å²) in [6.45, 7) is 2.13. The molecule has 1 aliphatic rings. The number of hydrogen-bond acceptors (Lipinski definition) is 7. The van der Waals surface area contributed by atoms with Gasteiger partial charge in [-0.1, -0.05) is 12.1 Å². The highest BCUT2D eigenvalue weighted by atomic mass is 32.2. The number of anilines is 5. The van der Waals surface area contributed by atoms with Gasteiger partial charge in [-0.2, -0.15) is 0 Å². The summed E-state index contributed by atoms with van der Waals surface area (Å²) in [4.78, 5) is 24.9. The standard InChI is InChI=1S/C24H27N7O2S/c1-30-24(32)22-18(26-17-8-4-5-9-19(17)34(2)33)14-21(28-23(22)29-30)27-20-11-10-16(15-25-20)31-12-6-3-7-13-31/h4-5,8-11,14-15H,3,6-7,12-13H2,1-2H3,(H3,25,26,27,28,29). The zero-order valence-electron chi connectivity index (χ0n) is 19.2. The zero-order chi connectivity index (χ0) is 23.7. The zero-order valence-corrected chi connectivity index (χ0v) is 20.0. The van der Waals surface area contributed by atoms with Crippen molar-refractivity contribution in [1.82, 2.24) is 19.7 Å². The normalized spacial score (nSPS) is 14.9. The number of aromatic nitrogens is 4. The van der Waals surface area contributed by atoms with Gasteiger partial charge in [0, 0.05) is 26.2 Å². The summed E-state index contributed by atoms with van der Waals surface area (Å²) in [5.41, 5.74) is 2.61. The molecule has 0 saturated carbocycles. The molecule has 0 aliphatic carbocycles. The van der Waals surface area contributed by atoms with Crippen LogP contribution < -0.4 is 21.1 Å². The number of piperidine rings is 1. The van der Waals surface area contributed by atoms with Gasteiger partial charge in [0.1, 0.15) is 23.3 Å². The summed E-state index contributed by atoms with van der Waals surface area (Å²) in [5.74, 6) is 1.19. The number of nitrogens with one attached hydrogen (secondary N) is 3. The largest absolute Gasteiger partial charge is 0.612 e. The van der Waals surface area contributed by atoms with E-state index < -0.39 is 11.2 Å². The van der Waals surface area contributed by atoms with Gasteiger partial charge in [0.05, 0.1) is 23.3 Å². The van der Waals surface area contributed by atoms with E-state index in [2.05, 4.69) is 36.7 Å². The fourth-order valence-corrected chi connectivity index (χ4v) is 4.98. The highest BCUT2D eigenvalue weighted by molar-refractivity contribution is 7.90. The fraction of sp³-hybridized carbons (Fsp3) is 0.292. The van der Waals surface area contributed by atoms with Crippen molar-refractivity contribution in [3.63, 3.8) is 0 Å². The topological polar surface area (TPSA) is 114 Å². The second kappa shape index (κ2) is 9.40. The number of rotatable bonds is 6. The van der Waals surface area contributed by atoms with Crippen LogP contribution in [0.3, 0.4) is 0 Å². The number of benzene rings is 1. The highest BCUT2D eigenvalue weighted by Crippen LogP contribution is 2.30. The second-order valence-electron chi connectivity index (χ2n) is 8.40. The van der Waals surface area contributed by atoms with Crippen LogP contribution in [0.5, 0.6) is 0 Å². The summed E-state index contributed by atoms with van der Waals surface area (Å²) in [6.07, 6.45) is 7.22. The van der Waals surface area contributed by atoms with Crippen molar-refractivity contribution in [2.24, 2.45) is 7.05 Å². The van der Waals surface area contributed by atoms with E-state index in [0.29, 0.717) is 38.9 Å². The molecule has 10 heteroatoms. The van der Waals surface area contributed by atoms with E-state index in [4.69, 9.17) is 0 Å². The Morgan fingerprint density at radius 1 is 1.03 bits per heavy atom. The lowest BCUT2D eigenvalue weighted by molar-refractivity contribution is 0.577. The average molecular weight is 478 g/mol. The molecule has 0 radical (unpaired) electrons. The Bertz CT molecular complexity index is 1360. The number of pyridine rings is 2. The van der Waals surface area contributed by atoms with Gasteiger partial charge >= 0.3 is 0 Å². The third kappa shape index (κ3) is 4.46. The number of nitrogens with zero attached hydrogens (tertiary/aromatic N) is 4. The van der Waals surface area contributed by atoms with Crippen LogP contribution in [0.25, 0.3) is 11.0 Å². The molecule has 9 nitrogen and oxygen atoms in total. The van der Waals surface area contributed by atoms with Gasteiger partial charge in [-0.05, 0) is 54.7 Å². The van der Waals surface area contributed by atoms with E-state index in [-0.39, 0.29) is 5.56 Å². The second-order valence-corrected chi connectivity index (χ2v) is 9.75. The predicted octanol–water partition coefficient (Wildman–Crippen LogP) is 3.87. The molecule has 0 spiro atoms. The molecule has 4 aromatic rings. The van der Waals surface area contributed by atoms with Crippen molar-refractivity contribution in [2.45, 2.75) is 24.2 Å². The minimum atomic E-state index is -1.19. The molecule has 1 atom stereocenters. The maximum atomic E-state index is 12.8. The van der Waals surface area contributed by atoms with E-state index in [1.165, 1.54) is 23.9 Å². The maximum Gasteiger partial charge on any atom is 0.277 e. The van der Waals surface area contributed by atoms with Crippen LogP contribution in [0.4, 0.5) is 28.7 Å². The summed E-state index contributed by atoms with van der Waals surface area (Å²) in [7, 11) is 1.65. The molecule has 0 bridgehead atoms. The van der Waals surface area contributed by atoms with Crippen LogP contribution in [0.2, 0.25) is 0 Å². The lowest BCUT2D eigenvalue weighted by Gasteiger charge is -2.28. The molecule has 4 heterocycles. The Morgan fingerprint density at radius 2 is 1.82 bits per heavy atom. The molecule has 1 aliphatic heterocycles. The Morgan fingerprint density at radius 3 is 2.56 bits per heavy atom. The maximum absolute atomic E-state index is 12.8. The van der Waals surface area contributed by atoms with Gasteiger partial charge in [-0.15, -0.1) is 0 Å². The quantitative estimate of drug-likeness (QED) is 0.361. The smallest absolute Gasteiger partial charge is 0.277 e. The third-order valence-corrected chi connectivity index (χ3v) is 6.98. The highest BCUT2D eigenvalue weighted by Gasteiger charge is 2.17. The van der Waals surface area contributed by atoms with Crippen LogP contribution >= 0.6 is 0 Å². The Balaban J connectivity index is 1.47. The van der Waals surface area contributed by atoms with Crippen molar-refractivity contribution in [1.29, 1.82) is 0 Å². The van der Waals surface area contributed by atoms with Gasteiger partial charge in [-0.3, -0.25) is 14.6 Å². The van der Waals surface area contributed by atoms with Crippen molar-refractivity contribution in [3.05, 3.63) is 59.0 Å². The number of aromatic amines is 1. The van der Waals surface area contributed by atoms with E-state index in [0.717, 1.165) is 18.8 Å². The lowest BCUT2D eigenvalue weighted by atomic mass is 10.1. The number of aryl methyl sites for hydroxylation is 1. The van der Waals surface area contributed by atoms with Crippen molar-refractivity contribution < 1.29 is 4.55 Å². The van der Waals surface area contributed by atoms with E-state index >= 15 is 0 Å². The van der Waals surface area contributed by atoms with Crippen LogP contribution in [-0.4, -0.2) is 43.6 Å². The van der Waals surface area contributed by atoms with Crippen LogP contribution in [0.15, 0.2) is 58.4 Å². The molecule has 5 rings (SSSR count). The first-order chi connectivity index (χ1) is 16.5. The number of hydrogen-bond donors (Lipinski definition) is 3. The van der Waals surface area contributed by atoms with Crippen LogP contribution in [0, 0.1) is 0 Å². The molecule has 0 amide bonds. The van der Waals surface area contributed by atoms with Crippen molar-refractivity contribution in [2.75, 3.05) is 34.9 Å². The van der Waals surface area contributed by atoms with Gasteiger partial charge in [0.15, 0.2) is 10.5 Å². The first kappa shape index (κ1) is 22.3. The van der Waals surface area contributed by atoms with E-state index in [1.807, 2.05) is 30.5 Å². The first-order valence-electron chi connectivity index (χ1n) is 11.3. The molecule has 1 aromatic carbocycles. The molecule has 3 N–H and O–H groups in total. The van der Waals surface area contributed by atoms with E-state index in [9.17, 15) is 9.35 Å². The summed E-state index contributed by atoms with van der Waals surface area (Å²) in [6, 6.07) is 13.1. The Kier molecular flexibility index (Phi) is 6.16. The first-order valence-corrected chi connectivity index (χ1v) is 12.8. The molecule has 1 unspecified atom stereocenters. The fourth-order valence-electron chi connectivity index (χ4n) is 4.28. The van der Waals surface area contributed by atoms with Gasteiger partial charge in [0.25, 0.3) is 5.56 Å². The predicted molar refractivity (Wildman–Crippen MR) is 137 cm³/mol. The minimum Gasteiger partial charge on any atom is -0.612 e. The lowest BCUT2D eigenvalue weighted by Crippen LogP contribution is -2.29. The molecule has 34 heavy (non-hydrogen) atoms. The Hall–Kier alpha value is -3.50. The molecular weight excluding hydrogens is 450 g/mol. The van der Waals surface area contributed by atoms with Gasteiger partial charge < -0.3 is 20.1 Å². The third-order valence-electron chi connectivity index (χ3n) is 6.00. The monoisotopic (exact) mass is 477 g/mol. The number of H-pyrrole nitrogens is 1. The van der Waals surface area contributed by atoms with Crippen LogP contribution in [0.1, 0.15) is 19.3 Å². The number of para-hydroxylation sites is 1. The molecule has 1 fully saturated rings. The van der Waals surface area contributed by atoms with Crippen molar-refractivity contribution in [3.8, 4) is 0 Å². The summed E-state index contributed by atoms with van der Waals surface area (Å²) >= 11 is -1.19. The SMILES string of the molecule is Cn1[nH]c2nc(Nc3ccc(N4CCCCC4)cn3)cc(Nc3ccccc3[S+](C)[O-])c2c1=O. The van der Waals surface area contributed by atoms with Gasteiger partial charge in [0.2, 0.25) is 0 Å².